The van der Waals surface area contributed by atoms with Gasteiger partial charge in [0.2, 0.25) is 0 Å². The summed E-state index contributed by atoms with van der Waals surface area (Å²) in [6.07, 6.45) is 0. The molecule has 0 aromatic carbocycles. The maximum atomic E-state index is 12.2. The van der Waals surface area contributed by atoms with Crippen molar-refractivity contribution in [2.75, 3.05) is 60.0 Å². The minimum Gasteiger partial charge on any atom is -0.394 e. The number of hydrogen-bond donors (Lipinski definition) is 1. The molecule has 23 heavy (non-hydrogen) atoms. The monoisotopic (exact) mass is 380 g/mol. The molecule has 0 saturated carbocycles. The van der Waals surface area contributed by atoms with Crippen LogP contribution in [0.5, 0.6) is 0 Å². The summed E-state index contributed by atoms with van der Waals surface area (Å²) >= 11 is 0. The van der Waals surface area contributed by atoms with E-state index in [1.54, 1.807) is 13.8 Å². The van der Waals surface area contributed by atoms with Crippen LogP contribution in [0.1, 0.15) is 13.8 Å². The van der Waals surface area contributed by atoms with Crippen LogP contribution in [0.15, 0.2) is 0 Å². The lowest BCUT2D eigenvalue weighted by atomic mass is 10.8. The van der Waals surface area contributed by atoms with Crippen LogP contribution >= 0.6 is 15.6 Å². The van der Waals surface area contributed by atoms with E-state index in [4.69, 9.17) is 37.0 Å². The molecule has 0 spiro atoms. The molecule has 2 unspecified atom stereocenters. The summed E-state index contributed by atoms with van der Waals surface area (Å²) in [5.74, 6) is 0. The third-order valence-corrected chi connectivity index (χ3v) is 5.18. The lowest BCUT2D eigenvalue weighted by Crippen LogP contribution is -2.10. The molecule has 140 valence electrons. The molecule has 12 heteroatoms. The number of rotatable bonds is 16. The zero-order chi connectivity index (χ0) is 17.6. The fourth-order valence-electron chi connectivity index (χ4n) is 1.22. The summed E-state index contributed by atoms with van der Waals surface area (Å²) in [4.78, 5) is 0. The zero-order valence-corrected chi connectivity index (χ0v) is 15.5. The molecule has 0 aromatic heterocycles. The van der Waals surface area contributed by atoms with Crippen molar-refractivity contribution >= 4 is 15.6 Å². The number of ether oxygens (including phenoxy) is 1. The summed E-state index contributed by atoms with van der Waals surface area (Å²) in [7, 11) is -6.06. The normalized spacial score (nSPS) is 16.9. The molecule has 0 saturated heterocycles. The standard InChI is InChI=1S/C11H26O10P2/c1-4-16-22(13,18-7-6-12)20-10-11-21-23(14,17-5-2)19-9-8-15-3/h12H,4-11H2,1-3H3. The second-order valence-electron chi connectivity index (χ2n) is 3.78. The second-order valence-corrected chi connectivity index (χ2v) is 7.12. The Morgan fingerprint density at radius 2 is 1.09 bits per heavy atom. The molecule has 0 amide bonds. The molecular weight excluding hydrogens is 354 g/mol. The first-order valence-electron chi connectivity index (χ1n) is 7.12. The van der Waals surface area contributed by atoms with Gasteiger partial charge in [-0.15, -0.1) is 0 Å². The van der Waals surface area contributed by atoms with Crippen LogP contribution in [0.25, 0.3) is 0 Å². The number of phosphoric acid groups is 2. The van der Waals surface area contributed by atoms with E-state index in [0.29, 0.717) is 0 Å². The van der Waals surface area contributed by atoms with Gasteiger partial charge in [-0.05, 0) is 13.8 Å². The minimum atomic E-state index is -3.79. The van der Waals surface area contributed by atoms with E-state index >= 15 is 0 Å². The van der Waals surface area contributed by atoms with Crippen LogP contribution in [0.2, 0.25) is 0 Å². The Balaban J connectivity index is 4.29. The molecule has 0 fully saturated rings. The number of hydrogen-bond acceptors (Lipinski definition) is 10. The Morgan fingerprint density at radius 3 is 1.43 bits per heavy atom. The first-order valence-corrected chi connectivity index (χ1v) is 10.0. The predicted molar refractivity (Wildman–Crippen MR) is 81.2 cm³/mol. The number of aliphatic hydroxyl groups excluding tert-OH is 1. The van der Waals surface area contributed by atoms with Crippen LogP contribution < -0.4 is 0 Å². The molecule has 0 aliphatic carbocycles. The van der Waals surface area contributed by atoms with Gasteiger partial charge in [-0.2, -0.15) is 0 Å². The maximum absolute atomic E-state index is 12.2. The Kier molecular flexibility index (Phi) is 13.5. The average molecular weight is 380 g/mol. The molecule has 0 aliphatic rings. The van der Waals surface area contributed by atoms with E-state index < -0.39 is 15.6 Å². The van der Waals surface area contributed by atoms with Crippen LogP contribution in [0.3, 0.4) is 0 Å². The first kappa shape index (κ1) is 23.1. The van der Waals surface area contributed by atoms with Gasteiger partial charge in [0, 0.05) is 7.11 Å². The van der Waals surface area contributed by atoms with E-state index in [1.807, 2.05) is 0 Å². The van der Waals surface area contributed by atoms with Crippen molar-refractivity contribution in [2.24, 2.45) is 0 Å². The first-order chi connectivity index (χ1) is 10.9. The average Bonchev–Trinajstić information content (AvgIpc) is 2.51. The molecule has 0 aliphatic heterocycles. The predicted octanol–water partition coefficient (Wildman–Crippen LogP) is 1.98. The van der Waals surface area contributed by atoms with Gasteiger partial charge in [-0.1, -0.05) is 0 Å². The SMILES string of the molecule is CCOP(=O)(OCCO)OCCOP(=O)(OCC)OCCOC. The maximum Gasteiger partial charge on any atom is 0.474 e. The van der Waals surface area contributed by atoms with Gasteiger partial charge < -0.3 is 9.84 Å². The Bertz CT molecular complexity index is 378. The Morgan fingerprint density at radius 1 is 0.696 bits per heavy atom. The lowest BCUT2D eigenvalue weighted by Gasteiger charge is -2.19. The van der Waals surface area contributed by atoms with Crippen LogP contribution in [-0.2, 0) is 41.0 Å². The molecule has 0 heterocycles. The molecule has 10 nitrogen and oxygen atoms in total. The van der Waals surface area contributed by atoms with Crippen molar-refractivity contribution in [1.82, 2.24) is 0 Å². The van der Waals surface area contributed by atoms with Gasteiger partial charge >= 0.3 is 15.6 Å². The van der Waals surface area contributed by atoms with E-state index in [0.717, 1.165) is 0 Å². The van der Waals surface area contributed by atoms with Crippen molar-refractivity contribution in [2.45, 2.75) is 13.8 Å². The van der Waals surface area contributed by atoms with Crippen molar-refractivity contribution < 1.29 is 46.1 Å². The van der Waals surface area contributed by atoms with E-state index in [9.17, 15) is 9.13 Å². The van der Waals surface area contributed by atoms with E-state index in [-0.39, 0.29) is 52.9 Å². The molecule has 2 atom stereocenters. The third kappa shape index (κ3) is 11.3. The van der Waals surface area contributed by atoms with Crippen LogP contribution in [-0.4, -0.2) is 65.1 Å². The summed E-state index contributed by atoms with van der Waals surface area (Å²) < 4.78 is 58.7. The summed E-state index contributed by atoms with van der Waals surface area (Å²) in [5, 5.41) is 8.68. The Labute approximate surface area is 136 Å². The summed E-state index contributed by atoms with van der Waals surface area (Å²) in [6, 6.07) is 0. The topological polar surface area (TPSA) is 119 Å². The van der Waals surface area contributed by atoms with Gasteiger partial charge in [0.05, 0.1) is 52.9 Å². The number of phosphoric ester groups is 2. The van der Waals surface area contributed by atoms with E-state index in [2.05, 4.69) is 0 Å². The largest absolute Gasteiger partial charge is 0.474 e. The fraction of sp³-hybridized carbons (Fsp3) is 1.00. The fourth-order valence-corrected chi connectivity index (χ4v) is 3.50. The lowest BCUT2D eigenvalue weighted by molar-refractivity contribution is 0.0627. The van der Waals surface area contributed by atoms with Crippen molar-refractivity contribution in [3.63, 3.8) is 0 Å². The third-order valence-electron chi connectivity index (χ3n) is 2.03. The van der Waals surface area contributed by atoms with Gasteiger partial charge in [0.15, 0.2) is 0 Å². The van der Waals surface area contributed by atoms with Crippen molar-refractivity contribution in [1.29, 1.82) is 0 Å². The van der Waals surface area contributed by atoms with Gasteiger partial charge in [0.1, 0.15) is 0 Å². The summed E-state index contributed by atoms with van der Waals surface area (Å²) in [6.45, 7) is 2.76. The highest BCUT2D eigenvalue weighted by molar-refractivity contribution is 7.48. The minimum absolute atomic E-state index is 0.0334. The quantitative estimate of drug-likeness (QED) is 0.314. The van der Waals surface area contributed by atoms with Gasteiger partial charge in [-0.3, -0.25) is 27.1 Å². The molecule has 1 N–H and O–H groups in total. The number of aliphatic hydroxyl groups is 1. The molecular formula is C11H26O10P2. The molecule has 0 bridgehead atoms. The van der Waals surface area contributed by atoms with E-state index in [1.165, 1.54) is 7.11 Å². The molecule has 0 aromatic rings. The van der Waals surface area contributed by atoms with Gasteiger partial charge in [-0.25, -0.2) is 9.13 Å². The highest BCUT2D eigenvalue weighted by atomic mass is 31.2. The highest BCUT2D eigenvalue weighted by Crippen LogP contribution is 2.51. The smallest absolute Gasteiger partial charge is 0.394 e. The zero-order valence-electron chi connectivity index (χ0n) is 13.7. The Hall–Kier alpha value is 0.140. The molecule has 0 rings (SSSR count). The summed E-state index contributed by atoms with van der Waals surface area (Å²) in [5.41, 5.74) is 0. The van der Waals surface area contributed by atoms with Crippen LogP contribution in [0, 0.1) is 0 Å². The van der Waals surface area contributed by atoms with Gasteiger partial charge in [0.25, 0.3) is 0 Å². The van der Waals surface area contributed by atoms with Crippen molar-refractivity contribution in [3.05, 3.63) is 0 Å². The second kappa shape index (κ2) is 13.4. The van der Waals surface area contributed by atoms with Crippen molar-refractivity contribution in [3.8, 4) is 0 Å². The number of methoxy groups -OCH3 is 1. The van der Waals surface area contributed by atoms with Crippen LogP contribution in [0.4, 0.5) is 0 Å². The highest BCUT2D eigenvalue weighted by Gasteiger charge is 2.28. The molecule has 0 radical (unpaired) electrons.